The first-order valence-corrected chi connectivity index (χ1v) is 28.9. The summed E-state index contributed by atoms with van der Waals surface area (Å²) in [5.74, 6) is -2.56. The van der Waals surface area contributed by atoms with E-state index in [0.29, 0.717) is 31.1 Å². The molecule has 18 heteroatoms. The molecule has 434 valence electrons. The van der Waals surface area contributed by atoms with Gasteiger partial charge in [0.25, 0.3) is 0 Å². The summed E-state index contributed by atoms with van der Waals surface area (Å²) in [6, 6.07) is 7.60. The SMILES string of the molecule is CC1(C)[C@@H](O[C@H]2O[C@H](C(=O)O)[C@@H](O)[C@H](O)[C@H]2O[C@@H]2O[C@H](C(=O)O)[C@@H](O)[C@H](O)[C@H]2O)CC[C@]2(C)[C@H]3C(=O)C=C4[C@@H]5C[C@@](C)(C(=O)O)CC[C@]5(C)CC[C@@]4(C)[C@]3(C)CC[C@@H]12.COc1ccc2c(c1)[C@@]13CCCC[C@@H]1[C@@H](C2)N(C)CC3. The number of fused-ring (bicyclic) bond motifs is 8. The summed E-state index contributed by atoms with van der Waals surface area (Å²) in [5, 5.41) is 83.0. The molecule has 18 nitrogen and oxygen atoms in total. The lowest BCUT2D eigenvalue weighted by molar-refractivity contribution is -0.371. The van der Waals surface area contributed by atoms with Gasteiger partial charge in [-0.3, -0.25) is 9.59 Å². The van der Waals surface area contributed by atoms with Gasteiger partial charge in [-0.25, -0.2) is 9.59 Å². The van der Waals surface area contributed by atoms with Gasteiger partial charge >= 0.3 is 17.9 Å². The maximum absolute atomic E-state index is 14.8. The summed E-state index contributed by atoms with van der Waals surface area (Å²) in [4.78, 5) is 53.9. The minimum Gasteiger partial charge on any atom is -0.497 e. The van der Waals surface area contributed by atoms with Gasteiger partial charge in [0.1, 0.15) is 42.4 Å². The fraction of sp³-hybridized carbons (Fsp3) is 0.800. The molecule has 2 bridgehead atoms. The first-order valence-electron chi connectivity index (χ1n) is 28.9. The highest BCUT2D eigenvalue weighted by atomic mass is 16.8. The Labute approximate surface area is 458 Å². The van der Waals surface area contributed by atoms with Crippen molar-refractivity contribution in [3.05, 3.63) is 41.0 Å². The number of aliphatic hydroxyl groups is 5. The topological polar surface area (TPSA) is 280 Å². The van der Waals surface area contributed by atoms with Gasteiger partial charge < -0.3 is 69.4 Å². The molecule has 8 N–H and O–H groups in total. The van der Waals surface area contributed by atoms with E-state index in [4.69, 9.17) is 23.7 Å². The van der Waals surface area contributed by atoms with Crippen molar-refractivity contribution in [3.63, 3.8) is 0 Å². The molecule has 8 fully saturated rings. The molecule has 1 aromatic carbocycles. The number of piperidine rings is 1. The maximum atomic E-state index is 14.8. The number of carboxylic acid groups (broad SMARTS) is 3. The number of rotatable bonds is 8. The van der Waals surface area contributed by atoms with Crippen molar-refractivity contribution in [2.45, 2.75) is 224 Å². The van der Waals surface area contributed by atoms with Gasteiger partial charge in [0, 0.05) is 17.4 Å². The number of hydrogen-bond donors (Lipinski definition) is 8. The number of hydrogen-bond acceptors (Lipinski definition) is 15. The van der Waals surface area contributed by atoms with Crippen LogP contribution in [0.4, 0.5) is 0 Å². The third-order valence-electron chi connectivity index (χ3n) is 23.5. The predicted molar refractivity (Wildman–Crippen MR) is 281 cm³/mol. The lowest BCUT2D eigenvalue weighted by Gasteiger charge is -2.70. The number of aliphatic carboxylic acids is 3. The number of carbonyl (C=O) groups is 4. The maximum Gasteiger partial charge on any atom is 0.335 e. The molecular weight excluding hydrogens is 1010 g/mol. The molecule has 0 spiro atoms. The Bertz CT molecular complexity index is 2550. The number of carboxylic acids is 3. The first kappa shape index (κ1) is 57.7. The number of aliphatic hydroxyl groups excluding tert-OH is 5. The standard InChI is InChI=1S/C42H62O16.C18H25NO/c1-37(2)21-8-11-42(7)31(20(43)16-18-19-17-39(4,36(53)54)13-12-38(19,3)14-15-41(18,42)6)40(21,5)10-9-22(37)55-35-30(26(47)25(46)29(57-35)33(51)52)58-34-27(48)23(44)24(45)28(56-34)32(49)50;1-19-10-9-18-8-4-3-5-15(18)17(19)11-13-6-7-14(20-2)12-16(13)18/h16,19,21-31,34-35,44-48H,8-15,17H2,1-7H3,(H,49,50)(H,51,52)(H,53,54);6-7,12,15,17H,3-5,8-11H2,1-2H3/t19-,21-,22-,23-,24-,25-,26-,27+,28-,29-,30+,31+,34-,35-,38+,39-,40-,41+,42+;15-,17-,18-/m01/s1. The molecule has 78 heavy (non-hydrogen) atoms. The van der Waals surface area contributed by atoms with Crippen LogP contribution in [0.1, 0.15) is 149 Å². The number of carbonyl (C=O) groups excluding carboxylic acids is 1. The van der Waals surface area contributed by atoms with Crippen LogP contribution < -0.4 is 4.74 Å². The third kappa shape index (κ3) is 8.76. The van der Waals surface area contributed by atoms with Crippen molar-refractivity contribution in [3.8, 4) is 5.75 Å². The number of methoxy groups -OCH3 is 1. The van der Waals surface area contributed by atoms with Crippen LogP contribution in [-0.4, -0.2) is 164 Å². The van der Waals surface area contributed by atoms with E-state index in [1.54, 1.807) is 18.2 Å². The van der Waals surface area contributed by atoms with E-state index in [9.17, 15) is 60.0 Å². The Morgan fingerprint density at radius 1 is 0.718 bits per heavy atom. The minimum atomic E-state index is -2.05. The summed E-state index contributed by atoms with van der Waals surface area (Å²) >= 11 is 0. The zero-order valence-corrected chi connectivity index (χ0v) is 47.1. The molecule has 22 atom stereocenters. The summed E-state index contributed by atoms with van der Waals surface area (Å²) < 4.78 is 28.9. The van der Waals surface area contributed by atoms with Crippen molar-refractivity contribution in [1.82, 2.24) is 4.90 Å². The van der Waals surface area contributed by atoms with Crippen molar-refractivity contribution in [2.24, 2.45) is 56.2 Å². The number of ether oxygens (including phenoxy) is 5. The van der Waals surface area contributed by atoms with E-state index >= 15 is 0 Å². The summed E-state index contributed by atoms with van der Waals surface area (Å²) in [6.07, 6.45) is -4.02. The first-order chi connectivity index (χ1) is 36.5. The van der Waals surface area contributed by atoms with Crippen molar-refractivity contribution >= 4 is 23.7 Å². The highest BCUT2D eigenvalue weighted by Gasteiger charge is 2.71. The Morgan fingerprint density at radius 3 is 2.05 bits per heavy atom. The number of allylic oxidation sites excluding steroid dienone is 2. The predicted octanol–water partition coefficient (Wildman–Crippen LogP) is 5.63. The van der Waals surface area contributed by atoms with Crippen LogP contribution in [0.3, 0.4) is 0 Å². The second-order valence-electron chi connectivity index (χ2n) is 27.7. The smallest absolute Gasteiger partial charge is 0.335 e. The second kappa shape index (κ2) is 20.1. The number of ketones is 1. The Balaban J connectivity index is 0.000000284. The molecule has 3 aliphatic heterocycles. The monoisotopic (exact) mass is 1090 g/mol. The fourth-order valence-electron chi connectivity index (χ4n) is 18.7. The molecule has 0 aromatic heterocycles. The summed E-state index contributed by atoms with van der Waals surface area (Å²) in [7, 11) is 4.12. The van der Waals surface area contributed by atoms with Crippen LogP contribution >= 0.6 is 0 Å². The van der Waals surface area contributed by atoms with E-state index in [1.807, 2.05) is 26.8 Å². The quantitative estimate of drug-likeness (QED) is 0.147. The zero-order chi connectivity index (χ0) is 56.6. The number of benzene rings is 1. The normalized spacial score (nSPS) is 48.3. The van der Waals surface area contributed by atoms with Crippen LogP contribution in [0.5, 0.6) is 5.75 Å². The van der Waals surface area contributed by atoms with Crippen LogP contribution in [0.25, 0.3) is 0 Å². The van der Waals surface area contributed by atoms with Gasteiger partial charge in [0.15, 0.2) is 30.6 Å². The van der Waals surface area contributed by atoms with Crippen molar-refractivity contribution < 1.29 is 83.7 Å². The molecule has 7 aliphatic carbocycles. The van der Waals surface area contributed by atoms with Gasteiger partial charge in [-0.15, -0.1) is 0 Å². The average molecular weight is 1090 g/mol. The zero-order valence-electron chi connectivity index (χ0n) is 47.1. The molecule has 0 radical (unpaired) electrons. The van der Waals surface area contributed by atoms with E-state index in [-0.39, 0.29) is 34.4 Å². The third-order valence-corrected chi connectivity index (χ3v) is 23.5. The average Bonchev–Trinajstić information content (AvgIpc) is 2.55. The van der Waals surface area contributed by atoms with Crippen LogP contribution in [0.2, 0.25) is 0 Å². The van der Waals surface area contributed by atoms with Gasteiger partial charge in [0.05, 0.1) is 18.6 Å². The van der Waals surface area contributed by atoms with E-state index in [1.165, 1.54) is 45.1 Å². The lowest BCUT2D eigenvalue weighted by atomic mass is 9.33. The van der Waals surface area contributed by atoms with Gasteiger partial charge in [-0.1, -0.05) is 66.0 Å². The largest absolute Gasteiger partial charge is 0.497 e. The summed E-state index contributed by atoms with van der Waals surface area (Å²) in [5.41, 5.74) is 1.86. The van der Waals surface area contributed by atoms with E-state index in [2.05, 4.69) is 57.8 Å². The number of nitrogens with zero attached hydrogens (tertiary/aromatic N) is 1. The molecule has 1 aromatic rings. The van der Waals surface area contributed by atoms with Crippen LogP contribution in [0, 0.1) is 56.2 Å². The van der Waals surface area contributed by atoms with Gasteiger partial charge in [-0.05, 0) is 178 Å². The van der Waals surface area contributed by atoms with E-state index < -0.39 is 107 Å². The molecule has 3 saturated heterocycles. The highest BCUT2D eigenvalue weighted by Crippen LogP contribution is 2.75. The van der Waals surface area contributed by atoms with Gasteiger partial charge in [-0.2, -0.15) is 0 Å². The molecule has 0 amide bonds. The van der Waals surface area contributed by atoms with Crippen molar-refractivity contribution in [1.29, 1.82) is 0 Å². The highest BCUT2D eigenvalue weighted by molar-refractivity contribution is 5.95. The van der Waals surface area contributed by atoms with E-state index in [0.717, 1.165) is 55.4 Å². The number of likely N-dealkylation sites (N-methyl/N-ethyl adjacent to an activating group) is 1. The Morgan fingerprint density at radius 2 is 1.38 bits per heavy atom. The molecule has 0 unspecified atom stereocenters. The molecule has 5 saturated carbocycles. The Kier molecular flexibility index (Phi) is 14.9. The van der Waals surface area contributed by atoms with Crippen LogP contribution in [0.15, 0.2) is 29.8 Å². The molecule has 3 heterocycles. The fourth-order valence-corrected chi connectivity index (χ4v) is 18.7. The lowest BCUT2D eigenvalue weighted by Crippen LogP contribution is -2.68. The molecule has 11 rings (SSSR count). The van der Waals surface area contributed by atoms with Crippen molar-refractivity contribution in [2.75, 3.05) is 20.7 Å². The number of likely N-dealkylation sites (tertiary alicyclic amines) is 1. The Hall–Kier alpha value is -3.56. The van der Waals surface area contributed by atoms with Crippen LogP contribution in [-0.2, 0) is 50.0 Å². The molecular formula is C60H87NO17. The summed E-state index contributed by atoms with van der Waals surface area (Å²) in [6.45, 7) is 16.1. The molecule has 10 aliphatic rings. The second-order valence-corrected chi connectivity index (χ2v) is 27.7. The van der Waals surface area contributed by atoms with Gasteiger partial charge in [0.2, 0.25) is 0 Å². The minimum absolute atomic E-state index is 0.0217.